The summed E-state index contributed by atoms with van der Waals surface area (Å²) < 4.78 is 0. The Morgan fingerprint density at radius 1 is 1.45 bits per heavy atom. The first-order chi connectivity index (χ1) is 4.76. The van der Waals surface area contributed by atoms with Crippen LogP contribution in [-0.2, 0) is 32.7 Å². The van der Waals surface area contributed by atoms with Crippen LogP contribution in [0.5, 0.6) is 0 Å². The van der Waals surface area contributed by atoms with Crippen molar-refractivity contribution < 1.29 is 42.9 Å². The summed E-state index contributed by atoms with van der Waals surface area (Å²) in [6.07, 6.45) is 3.79. The predicted molar refractivity (Wildman–Crippen MR) is 41.6 cm³/mol. The second kappa shape index (κ2) is 8.34. The van der Waals surface area contributed by atoms with Gasteiger partial charge in [0, 0.05) is 32.7 Å². The molecular weight excluding hydrogens is 217 g/mol. The van der Waals surface area contributed by atoms with E-state index >= 15 is 0 Å². The van der Waals surface area contributed by atoms with Gasteiger partial charge in [0.1, 0.15) is 6.10 Å². The van der Waals surface area contributed by atoms with E-state index in [2.05, 4.69) is 13.2 Å². The molecule has 0 fully saturated rings. The first kappa shape index (κ1) is 13.8. The van der Waals surface area contributed by atoms with E-state index in [0.29, 0.717) is 5.57 Å². The maximum absolute atomic E-state index is 9.01. The number of allylic oxidation sites excluding steroid dienone is 2. The smallest absolute Gasteiger partial charge is 0.102 e. The Labute approximate surface area is 92.2 Å². The molecule has 0 aromatic rings. The molecule has 11 heavy (non-hydrogen) atoms. The van der Waals surface area contributed by atoms with E-state index in [9.17, 15) is 0 Å². The maximum Gasteiger partial charge on any atom is 0.102 e. The molecule has 3 heteroatoms. The summed E-state index contributed by atoms with van der Waals surface area (Å²) in [5.74, 6) is 0. The molecule has 0 saturated heterocycles. The molecule has 0 heterocycles. The number of hydrogen-bond acceptors (Lipinski definition) is 2. The Balaban J connectivity index is 0. The van der Waals surface area contributed by atoms with E-state index in [0.717, 1.165) is 0 Å². The quantitative estimate of drug-likeness (QED) is 0.694. The molecule has 2 N–H and O–H groups in total. The second-order valence-corrected chi connectivity index (χ2v) is 1.80. The molecule has 1 atom stereocenters. The van der Waals surface area contributed by atoms with Gasteiger partial charge in [-0.15, -0.1) is 0 Å². The van der Waals surface area contributed by atoms with Gasteiger partial charge in [0.05, 0.1) is 6.61 Å². The summed E-state index contributed by atoms with van der Waals surface area (Å²) in [7, 11) is 0. The minimum absolute atomic E-state index is 0. The summed E-state index contributed by atoms with van der Waals surface area (Å²) in [5.41, 5.74) is 0.581. The largest absolute Gasteiger partial charge is 0.393 e. The molecule has 2 nitrogen and oxygen atoms in total. The summed E-state index contributed by atoms with van der Waals surface area (Å²) in [5, 5.41) is 17.5. The third-order valence-electron chi connectivity index (χ3n) is 1.10. The fourth-order valence-corrected chi connectivity index (χ4v) is 0.557. The van der Waals surface area contributed by atoms with E-state index in [1.54, 1.807) is 6.08 Å². The summed E-state index contributed by atoms with van der Waals surface area (Å²) in [4.78, 5) is 0. The van der Waals surface area contributed by atoms with Crippen LogP contribution in [0.3, 0.4) is 0 Å². The van der Waals surface area contributed by atoms with E-state index in [1.807, 2.05) is 0 Å². The fourth-order valence-electron chi connectivity index (χ4n) is 0.557. The van der Waals surface area contributed by atoms with Crippen LogP contribution in [0.15, 0.2) is 37.0 Å². The van der Waals surface area contributed by atoms with Crippen LogP contribution in [0.25, 0.3) is 0 Å². The van der Waals surface area contributed by atoms with Crippen molar-refractivity contribution in [2.24, 2.45) is 0 Å². The van der Waals surface area contributed by atoms with E-state index < -0.39 is 6.10 Å². The predicted octanol–water partition coefficient (Wildman–Crippen LogP) is 0.635. The van der Waals surface area contributed by atoms with Crippen LogP contribution in [0.1, 0.15) is 0 Å². The van der Waals surface area contributed by atoms with Gasteiger partial charge in [-0.1, -0.05) is 31.4 Å². The Bertz CT molecular complexity index is 152. The Morgan fingerprint density at radius 2 is 2.00 bits per heavy atom. The number of hydrogen-bond donors (Lipinski definition) is 2. The maximum atomic E-state index is 9.01. The summed E-state index contributed by atoms with van der Waals surface area (Å²) in [6.45, 7) is 6.62. The van der Waals surface area contributed by atoms with E-state index in [1.165, 1.54) is 12.2 Å². The molecule has 0 aliphatic rings. The van der Waals surface area contributed by atoms with Crippen LogP contribution in [0.2, 0.25) is 0 Å². The zero-order valence-electron chi connectivity index (χ0n) is 6.40. The van der Waals surface area contributed by atoms with Crippen LogP contribution >= 0.6 is 0 Å². The molecule has 0 aromatic heterocycles. The van der Waals surface area contributed by atoms with Crippen molar-refractivity contribution in [3.05, 3.63) is 37.0 Å². The Hall–Kier alpha value is 0.244. The second-order valence-electron chi connectivity index (χ2n) is 1.80. The minimum Gasteiger partial charge on any atom is -0.393 e. The van der Waals surface area contributed by atoms with Gasteiger partial charge in [-0.25, -0.2) is 0 Å². The van der Waals surface area contributed by atoms with Gasteiger partial charge in [0.25, 0.3) is 0 Å². The molecule has 0 amide bonds. The van der Waals surface area contributed by atoms with Gasteiger partial charge in [-0.3, -0.25) is 0 Å². The van der Waals surface area contributed by atoms with Gasteiger partial charge in [-0.05, 0) is 5.57 Å². The molecule has 1 unspecified atom stereocenters. The minimum atomic E-state index is -0.838. The van der Waals surface area contributed by atoms with Crippen molar-refractivity contribution in [2.75, 3.05) is 6.61 Å². The van der Waals surface area contributed by atoms with E-state index in [4.69, 9.17) is 10.2 Å². The van der Waals surface area contributed by atoms with Crippen LogP contribution in [0, 0.1) is 0 Å². The zero-order chi connectivity index (χ0) is 7.98. The standard InChI is InChI=1S/C8H12O2.Y/c1-3-5-7(4-2)8(10)6-9;/h3-5,8-10H,1-2,6H2;/b7-5+;. The molecule has 0 aliphatic carbocycles. The van der Waals surface area contributed by atoms with Crippen molar-refractivity contribution in [1.82, 2.24) is 0 Å². The monoisotopic (exact) mass is 229 g/mol. The molecule has 0 aliphatic heterocycles. The molecular formula is C8H12O2Y. The molecule has 0 rings (SSSR count). The molecule has 0 aromatic carbocycles. The van der Waals surface area contributed by atoms with Crippen LogP contribution < -0.4 is 0 Å². The molecule has 59 valence electrons. The third kappa shape index (κ3) is 5.51. The van der Waals surface area contributed by atoms with Gasteiger partial charge in [-0.2, -0.15) is 0 Å². The van der Waals surface area contributed by atoms with Crippen LogP contribution in [0.4, 0.5) is 0 Å². The Kier molecular flexibility index (Phi) is 10.5. The van der Waals surface area contributed by atoms with Gasteiger partial charge in [0.15, 0.2) is 0 Å². The average Bonchev–Trinajstić information content (AvgIpc) is 1.99. The zero-order valence-corrected chi connectivity index (χ0v) is 9.24. The first-order valence-corrected chi connectivity index (χ1v) is 3.00. The van der Waals surface area contributed by atoms with Gasteiger partial charge < -0.3 is 10.2 Å². The average molecular weight is 229 g/mol. The topological polar surface area (TPSA) is 40.5 Å². The normalized spacial score (nSPS) is 13.1. The van der Waals surface area contributed by atoms with Crippen molar-refractivity contribution in [3.63, 3.8) is 0 Å². The molecule has 0 spiro atoms. The molecule has 1 radical (unpaired) electrons. The third-order valence-corrected chi connectivity index (χ3v) is 1.10. The SMILES string of the molecule is C=C/C=C(\C=C)C(O)CO.[Y]. The van der Waals surface area contributed by atoms with Gasteiger partial charge >= 0.3 is 0 Å². The van der Waals surface area contributed by atoms with Crippen LogP contribution in [-0.4, -0.2) is 22.9 Å². The number of aliphatic hydroxyl groups excluding tert-OH is 2. The van der Waals surface area contributed by atoms with Crippen molar-refractivity contribution in [2.45, 2.75) is 6.10 Å². The number of rotatable bonds is 4. The van der Waals surface area contributed by atoms with Gasteiger partial charge in [0.2, 0.25) is 0 Å². The first-order valence-electron chi connectivity index (χ1n) is 3.00. The molecule has 0 bridgehead atoms. The van der Waals surface area contributed by atoms with Crippen molar-refractivity contribution in [1.29, 1.82) is 0 Å². The summed E-state index contributed by atoms with van der Waals surface area (Å²) in [6, 6.07) is 0. The van der Waals surface area contributed by atoms with E-state index in [-0.39, 0.29) is 39.3 Å². The Morgan fingerprint density at radius 3 is 2.27 bits per heavy atom. The van der Waals surface area contributed by atoms with Crippen molar-refractivity contribution >= 4 is 0 Å². The van der Waals surface area contributed by atoms with Crippen molar-refractivity contribution in [3.8, 4) is 0 Å². The number of aliphatic hydroxyl groups is 2. The fraction of sp³-hybridized carbons (Fsp3) is 0.250. The molecule has 0 saturated carbocycles. The summed E-state index contributed by atoms with van der Waals surface area (Å²) >= 11 is 0.